The Balaban J connectivity index is 0.000000126. The van der Waals surface area contributed by atoms with E-state index in [9.17, 15) is 0 Å². The van der Waals surface area contributed by atoms with E-state index >= 15 is 0 Å². The molecule has 0 bridgehead atoms. The molecule has 12 N–H and O–H groups in total. The van der Waals surface area contributed by atoms with Crippen LogP contribution in [0.3, 0.4) is 0 Å². The summed E-state index contributed by atoms with van der Waals surface area (Å²) in [5, 5.41) is 31.3. The molecule has 0 radical (unpaired) electrons. The van der Waals surface area contributed by atoms with Crippen LogP contribution in [0.4, 0.5) is 88.1 Å². The average molecular weight is 1650 g/mol. The molecule has 40 heteroatoms. The Kier molecular flexibility index (Phi) is 27.7. The monoisotopic (exact) mass is 1650 g/mol. The molecule has 12 aromatic rings. The van der Waals surface area contributed by atoms with Crippen LogP contribution in [-0.4, -0.2) is 266 Å². The number of hydrogen-bond donors (Lipinski definition) is 8. The second-order valence-electron chi connectivity index (χ2n) is 29.4. The Bertz CT molecular complexity index is 5050. The number of rotatable bonds is 23. The summed E-state index contributed by atoms with van der Waals surface area (Å²) in [6.45, 7) is 23.1. The van der Waals surface area contributed by atoms with Crippen molar-refractivity contribution < 1.29 is 23.7 Å². The van der Waals surface area contributed by atoms with Gasteiger partial charge in [0.25, 0.3) is 5.95 Å². The molecule has 120 heavy (non-hydrogen) atoms. The molecule has 39 nitrogen and oxygen atoms in total. The van der Waals surface area contributed by atoms with Crippen LogP contribution in [0.25, 0.3) is 22.7 Å². The summed E-state index contributed by atoms with van der Waals surface area (Å²) in [5.74, 6) is 7.88. The number of nitrogen functional groups attached to an aromatic ring is 4. The lowest BCUT2D eigenvalue weighted by Gasteiger charge is -2.32. The molecule has 6 fully saturated rings. The molecule has 6 aliphatic heterocycles. The van der Waals surface area contributed by atoms with E-state index in [4.69, 9.17) is 46.6 Å². The molecule has 0 saturated carbocycles. The van der Waals surface area contributed by atoms with E-state index in [0.29, 0.717) is 69.9 Å². The summed E-state index contributed by atoms with van der Waals surface area (Å²) in [6.07, 6.45) is 14.2. The number of piperidine rings is 2. The lowest BCUT2D eigenvalue weighted by Crippen LogP contribution is -2.45. The van der Waals surface area contributed by atoms with Gasteiger partial charge in [0.15, 0.2) is 23.1 Å². The fourth-order valence-electron chi connectivity index (χ4n) is 14.2. The molecule has 6 saturated heterocycles. The maximum Gasteiger partial charge on any atom is 0.255 e. The highest BCUT2D eigenvalue weighted by molar-refractivity contribution is 7.14. The second kappa shape index (κ2) is 40.3. The zero-order valence-corrected chi connectivity index (χ0v) is 68.9. The SMILES string of the molecule is CN1CCN(c2nccc(-n3nc(Nc4ccc(CN5CCOCC5)cc4)nc3N)n2)CC1.COc1ccc(Nc2nc(N)n(-c3ncc(C)s3)n2)cc1OC.Nc1nc(Nc2ccc(CN3CCOCC3)cc2)nn1-c1ccnc(N2CCCCC2)n1.Nc1nc(Nc2ccc(CN3CCOCC3)cc2)nn1-c1nccc(N2CCCCC2)n1. The van der Waals surface area contributed by atoms with Crippen LogP contribution in [0.5, 0.6) is 11.5 Å². The number of anilines is 15. The molecule has 14 heterocycles. The quantitative estimate of drug-likeness (QED) is 0.0303. The van der Waals surface area contributed by atoms with Crippen LogP contribution < -0.4 is 68.4 Å². The molecule has 6 aliphatic rings. The van der Waals surface area contributed by atoms with Crippen LogP contribution in [-0.2, 0) is 33.8 Å². The number of nitrogens with two attached hydrogens (primary N) is 4. The van der Waals surface area contributed by atoms with Crippen molar-refractivity contribution in [1.82, 2.24) is 114 Å². The average Bonchev–Trinajstić information content (AvgIpc) is 1.27. The Hall–Kier alpha value is -12.6. The number of methoxy groups -OCH3 is 2. The number of nitrogens with zero attached hydrogens (tertiary/aromatic N) is 26. The number of likely N-dealkylation sites (N-methyl/N-ethyl adjacent to an activating group) is 1. The van der Waals surface area contributed by atoms with E-state index < -0.39 is 0 Å². The van der Waals surface area contributed by atoms with Gasteiger partial charge in [-0.25, -0.2) is 19.9 Å². The predicted molar refractivity (Wildman–Crippen MR) is 462 cm³/mol. The highest BCUT2D eigenvalue weighted by atomic mass is 32.1. The minimum Gasteiger partial charge on any atom is -0.493 e. The molecule has 8 aromatic heterocycles. The van der Waals surface area contributed by atoms with Crippen molar-refractivity contribution in [2.45, 2.75) is 65.1 Å². The number of benzene rings is 4. The number of morpholine rings is 3. The lowest BCUT2D eigenvalue weighted by molar-refractivity contribution is 0.0341. The summed E-state index contributed by atoms with van der Waals surface area (Å²) in [5.41, 5.74) is 31.6. The first kappa shape index (κ1) is 82.5. The smallest absolute Gasteiger partial charge is 0.255 e. The van der Waals surface area contributed by atoms with Crippen molar-refractivity contribution >= 4 is 99.4 Å². The molecular weight excluding hydrogens is 1550 g/mol. The molecule has 0 spiro atoms. The van der Waals surface area contributed by atoms with Gasteiger partial charge < -0.3 is 87.5 Å². The van der Waals surface area contributed by atoms with Crippen molar-refractivity contribution in [3.8, 4) is 34.2 Å². The van der Waals surface area contributed by atoms with Gasteiger partial charge in [0, 0.05) is 182 Å². The fraction of sp³-hybridized carbons (Fsp3) is 0.412. The molecule has 0 unspecified atom stereocenters. The van der Waals surface area contributed by atoms with E-state index in [0.717, 1.165) is 184 Å². The minimum atomic E-state index is 0.243. The van der Waals surface area contributed by atoms with Crippen LogP contribution in [0.15, 0.2) is 134 Å². The normalized spacial score (nSPS) is 16.2. The summed E-state index contributed by atoms with van der Waals surface area (Å²) >= 11 is 1.49. The van der Waals surface area contributed by atoms with Gasteiger partial charge in [-0.3, -0.25) is 14.7 Å². The molecule has 18 rings (SSSR count). The topological polar surface area (TPSA) is 434 Å². The number of piperazine rings is 1. The van der Waals surface area contributed by atoms with Crippen molar-refractivity contribution in [3.63, 3.8) is 0 Å². The van der Waals surface area contributed by atoms with Gasteiger partial charge in [-0.2, -0.15) is 53.6 Å². The van der Waals surface area contributed by atoms with Crippen molar-refractivity contribution in [3.05, 3.63) is 156 Å². The van der Waals surface area contributed by atoms with Gasteiger partial charge in [0.1, 0.15) is 5.82 Å². The number of hydrogen-bond acceptors (Lipinski definition) is 36. The van der Waals surface area contributed by atoms with E-state index in [1.165, 1.54) is 80.6 Å². The third kappa shape index (κ3) is 22.2. The van der Waals surface area contributed by atoms with E-state index in [2.05, 4.69) is 174 Å². The van der Waals surface area contributed by atoms with Gasteiger partial charge in [-0.1, -0.05) is 36.4 Å². The number of aromatic nitrogens is 19. The van der Waals surface area contributed by atoms with Gasteiger partial charge >= 0.3 is 0 Å². The van der Waals surface area contributed by atoms with Crippen molar-refractivity contribution in [1.29, 1.82) is 0 Å². The van der Waals surface area contributed by atoms with Crippen LogP contribution in [0.1, 0.15) is 60.1 Å². The molecule has 4 aromatic carbocycles. The fourth-order valence-corrected chi connectivity index (χ4v) is 14.9. The maximum atomic E-state index is 6.15. The summed E-state index contributed by atoms with van der Waals surface area (Å²) in [6, 6.07) is 35.8. The van der Waals surface area contributed by atoms with Gasteiger partial charge in [0.05, 0.1) is 53.9 Å². The first-order valence-corrected chi connectivity index (χ1v) is 41.3. The number of aryl methyl sites for hydroxylation is 1. The zero-order valence-electron chi connectivity index (χ0n) is 68.1. The molecular formula is C80H104N34O5S. The zero-order chi connectivity index (χ0) is 82.5. The maximum absolute atomic E-state index is 6.15. The summed E-state index contributed by atoms with van der Waals surface area (Å²) in [7, 11) is 5.29. The first-order valence-electron chi connectivity index (χ1n) is 40.5. The third-order valence-corrected chi connectivity index (χ3v) is 21.6. The summed E-state index contributed by atoms with van der Waals surface area (Å²) < 4.78 is 32.8. The summed E-state index contributed by atoms with van der Waals surface area (Å²) in [4.78, 5) is 66.0. The first-order chi connectivity index (χ1) is 58.7. The number of nitrogens with one attached hydrogen (secondary N) is 4. The van der Waals surface area contributed by atoms with Crippen molar-refractivity contribution in [2.75, 3.05) is 211 Å². The highest BCUT2D eigenvalue weighted by Gasteiger charge is 2.24. The van der Waals surface area contributed by atoms with Crippen LogP contribution in [0, 0.1) is 6.92 Å². The third-order valence-electron chi connectivity index (χ3n) is 20.7. The Morgan fingerprint density at radius 2 is 0.733 bits per heavy atom. The predicted octanol–water partition coefficient (Wildman–Crippen LogP) is 7.75. The molecule has 630 valence electrons. The van der Waals surface area contributed by atoms with Gasteiger partial charge in [-0.15, -0.1) is 31.7 Å². The lowest BCUT2D eigenvalue weighted by atomic mass is 10.1. The molecule has 0 amide bonds. The second-order valence-corrected chi connectivity index (χ2v) is 30.6. The Morgan fingerprint density at radius 1 is 0.367 bits per heavy atom. The Morgan fingerprint density at radius 3 is 1.17 bits per heavy atom. The van der Waals surface area contributed by atoms with E-state index in [1.54, 1.807) is 68.0 Å². The molecule has 0 atom stereocenters. The highest BCUT2D eigenvalue weighted by Crippen LogP contribution is 2.32. The van der Waals surface area contributed by atoms with Crippen LogP contribution in [0.2, 0.25) is 0 Å². The minimum absolute atomic E-state index is 0.243. The molecule has 0 aliphatic carbocycles. The van der Waals surface area contributed by atoms with Gasteiger partial charge in [-0.05, 0) is 124 Å². The van der Waals surface area contributed by atoms with E-state index in [-0.39, 0.29) is 23.8 Å². The van der Waals surface area contributed by atoms with Crippen molar-refractivity contribution in [2.24, 2.45) is 0 Å². The van der Waals surface area contributed by atoms with E-state index in [1.807, 2.05) is 55.5 Å². The number of thiazole rings is 1. The largest absolute Gasteiger partial charge is 0.493 e. The van der Waals surface area contributed by atoms with Crippen LogP contribution >= 0.6 is 11.3 Å². The standard InChI is InChI=1S/C22H30N10O.2C22H29N9O.C14H16N6O2S/c1-29-8-10-31(11-9-29)22-24-7-6-19(26-22)32-20(23)27-21(28-32)25-18-4-2-17(3-5-18)16-30-12-14-33-15-13-30;23-20-27-21(25-18-6-4-17(5-7-18)16-29-12-14-32-15-13-29)28-31(20)19-8-9-24-22(26-19)30-10-2-1-3-11-30;23-20-27-21(25-18-6-4-17(5-7-18)16-29-12-14-32-15-13-29)28-31(20)22-24-9-8-19(26-22)30-10-2-1-3-11-30;1-8-7-16-14(23-8)20-12(15)18-13(19-20)17-9-4-5-10(21-2)11(6-9)22-3/h2-7H,8-16H2,1H3,(H3,23,25,27,28);2*4-9H,1-3,10-16H2,(H3,23,25,27,28);4-7H,1-3H3,(H3,15,17,18,19). The Labute approximate surface area is 699 Å². The number of ether oxygens (including phenoxy) is 5. The van der Waals surface area contributed by atoms with Gasteiger partial charge in [0.2, 0.25) is 64.6 Å².